The smallest absolute Gasteiger partial charge is 0.333 e. The summed E-state index contributed by atoms with van der Waals surface area (Å²) in [6.07, 6.45) is 3.01. The molecule has 5 nitrogen and oxygen atoms in total. The minimum Gasteiger partial charge on any atom is -0.492 e. The zero-order valence-corrected chi connectivity index (χ0v) is 8.64. The van der Waals surface area contributed by atoms with Crippen molar-refractivity contribution in [3.63, 3.8) is 0 Å². The fourth-order valence-corrected chi connectivity index (χ4v) is 1.16. The Morgan fingerprint density at radius 2 is 1.93 bits per heavy atom. The van der Waals surface area contributed by atoms with Gasteiger partial charge in [-0.1, -0.05) is 19.8 Å². The van der Waals surface area contributed by atoms with Crippen molar-refractivity contribution in [3.8, 4) is 11.8 Å². The van der Waals surface area contributed by atoms with Gasteiger partial charge in [0.2, 0.25) is 11.8 Å². The minimum absolute atomic E-state index is 0.283. The van der Waals surface area contributed by atoms with E-state index >= 15 is 0 Å². The van der Waals surface area contributed by atoms with Gasteiger partial charge in [-0.2, -0.15) is 0 Å². The summed E-state index contributed by atoms with van der Waals surface area (Å²) in [6.45, 7) is 2.04. The third kappa shape index (κ3) is 3.19. The van der Waals surface area contributed by atoms with Crippen molar-refractivity contribution < 1.29 is 19.8 Å². The minimum atomic E-state index is -0.467. The number of carbonyl (C=O) groups excluding carboxylic acids is 1. The molecule has 0 saturated heterocycles. The molecule has 0 spiro atoms. The second kappa shape index (κ2) is 5.29. The van der Waals surface area contributed by atoms with Gasteiger partial charge in [0.15, 0.2) is 0 Å². The van der Waals surface area contributed by atoms with Crippen LogP contribution in [0.25, 0.3) is 0 Å². The molecule has 0 atom stereocenters. The monoisotopic (exact) mass is 213 g/mol. The highest BCUT2D eigenvalue weighted by Gasteiger charge is 2.11. The van der Waals surface area contributed by atoms with Crippen molar-refractivity contribution >= 4 is 5.97 Å². The third-order valence-corrected chi connectivity index (χ3v) is 1.98. The van der Waals surface area contributed by atoms with Gasteiger partial charge in [-0.05, 0) is 6.42 Å². The van der Waals surface area contributed by atoms with Gasteiger partial charge in [-0.3, -0.25) is 0 Å². The number of unbranched alkanes of at least 4 members (excludes halogenated alkanes) is 2. The first kappa shape index (κ1) is 11.4. The first-order valence-electron chi connectivity index (χ1n) is 4.96. The van der Waals surface area contributed by atoms with Crippen LogP contribution in [0.15, 0.2) is 12.1 Å². The summed E-state index contributed by atoms with van der Waals surface area (Å²) >= 11 is 0. The Morgan fingerprint density at radius 1 is 1.33 bits per heavy atom. The van der Waals surface area contributed by atoms with E-state index in [0.717, 1.165) is 19.3 Å². The van der Waals surface area contributed by atoms with Gasteiger partial charge >= 0.3 is 5.97 Å². The molecular weight excluding hydrogens is 198 g/mol. The molecule has 0 aliphatic heterocycles. The molecule has 15 heavy (non-hydrogen) atoms. The number of nitrogens with zero attached hydrogens (tertiary/aromatic N) is 1. The molecule has 0 saturated carbocycles. The van der Waals surface area contributed by atoms with Gasteiger partial charge < -0.3 is 15.1 Å². The SMILES string of the molecule is CCCCCC(=O)On1c(O)ccc1O. The lowest BCUT2D eigenvalue weighted by molar-refractivity contribution is -0.145. The maximum atomic E-state index is 11.2. The number of rotatable bonds is 5. The molecule has 0 unspecified atom stereocenters. The fraction of sp³-hybridized carbons (Fsp3) is 0.500. The normalized spacial score (nSPS) is 10.2. The molecule has 1 heterocycles. The number of hydrogen-bond acceptors (Lipinski definition) is 4. The molecule has 1 aromatic rings. The van der Waals surface area contributed by atoms with Crippen LogP contribution >= 0.6 is 0 Å². The summed E-state index contributed by atoms with van der Waals surface area (Å²) in [5.41, 5.74) is 0. The molecule has 0 amide bonds. The Kier molecular flexibility index (Phi) is 4.03. The van der Waals surface area contributed by atoms with Crippen LogP contribution in [0.1, 0.15) is 32.6 Å². The van der Waals surface area contributed by atoms with Crippen molar-refractivity contribution in [1.82, 2.24) is 4.73 Å². The Balaban J connectivity index is 2.44. The van der Waals surface area contributed by atoms with Crippen molar-refractivity contribution in [2.45, 2.75) is 32.6 Å². The topological polar surface area (TPSA) is 71.7 Å². The van der Waals surface area contributed by atoms with E-state index < -0.39 is 5.97 Å². The number of aromatic nitrogens is 1. The molecule has 1 aromatic heterocycles. The lowest BCUT2D eigenvalue weighted by Crippen LogP contribution is -2.18. The van der Waals surface area contributed by atoms with Crippen LogP contribution in [-0.4, -0.2) is 20.9 Å². The van der Waals surface area contributed by atoms with Crippen molar-refractivity contribution in [1.29, 1.82) is 0 Å². The van der Waals surface area contributed by atoms with E-state index in [2.05, 4.69) is 0 Å². The van der Waals surface area contributed by atoms with E-state index in [0.29, 0.717) is 4.73 Å². The molecule has 2 N–H and O–H groups in total. The molecule has 0 aliphatic rings. The van der Waals surface area contributed by atoms with Crippen molar-refractivity contribution in [2.75, 3.05) is 0 Å². The molecule has 0 bridgehead atoms. The van der Waals surface area contributed by atoms with E-state index in [1.165, 1.54) is 12.1 Å². The van der Waals surface area contributed by atoms with Gasteiger partial charge in [0.25, 0.3) is 0 Å². The van der Waals surface area contributed by atoms with Crippen LogP contribution in [0.2, 0.25) is 0 Å². The average molecular weight is 213 g/mol. The standard InChI is InChI=1S/C10H15NO4/c1-2-3-4-5-10(14)15-11-8(12)6-7-9(11)13/h6-7,12-13H,2-5H2,1H3. The Bertz CT molecular complexity index is 313. The molecule has 0 radical (unpaired) electrons. The second-order valence-electron chi connectivity index (χ2n) is 3.26. The Morgan fingerprint density at radius 3 is 2.47 bits per heavy atom. The Hall–Kier alpha value is -1.65. The quantitative estimate of drug-likeness (QED) is 0.726. The number of hydrogen-bond donors (Lipinski definition) is 2. The molecule has 5 heteroatoms. The van der Waals surface area contributed by atoms with E-state index in [1.807, 2.05) is 6.92 Å². The molecule has 0 aliphatic carbocycles. The van der Waals surface area contributed by atoms with Crippen LogP contribution in [0, 0.1) is 0 Å². The molecular formula is C10H15NO4. The highest BCUT2D eigenvalue weighted by Crippen LogP contribution is 2.18. The second-order valence-corrected chi connectivity index (χ2v) is 3.26. The summed E-state index contributed by atoms with van der Waals surface area (Å²) < 4.78 is 0.703. The zero-order valence-electron chi connectivity index (χ0n) is 8.64. The van der Waals surface area contributed by atoms with Crippen LogP contribution in [0.3, 0.4) is 0 Å². The highest BCUT2D eigenvalue weighted by atomic mass is 16.7. The Labute approximate surface area is 87.9 Å². The number of aromatic hydroxyl groups is 2. The first-order valence-corrected chi connectivity index (χ1v) is 4.96. The van der Waals surface area contributed by atoms with Gasteiger partial charge in [0.1, 0.15) is 0 Å². The summed E-state index contributed by atoms with van der Waals surface area (Å²) in [6, 6.07) is 2.49. The van der Waals surface area contributed by atoms with Gasteiger partial charge in [-0.15, -0.1) is 4.73 Å². The van der Waals surface area contributed by atoms with E-state index in [9.17, 15) is 15.0 Å². The largest absolute Gasteiger partial charge is 0.492 e. The summed E-state index contributed by atoms with van der Waals surface area (Å²) in [4.78, 5) is 16.0. The van der Waals surface area contributed by atoms with Gasteiger partial charge in [0, 0.05) is 18.6 Å². The first-order chi connectivity index (χ1) is 7.15. The highest BCUT2D eigenvalue weighted by molar-refractivity contribution is 5.69. The lowest BCUT2D eigenvalue weighted by Gasteiger charge is -2.06. The van der Waals surface area contributed by atoms with E-state index in [-0.39, 0.29) is 18.2 Å². The summed E-state index contributed by atoms with van der Waals surface area (Å²) in [5, 5.41) is 18.4. The lowest BCUT2D eigenvalue weighted by atomic mass is 10.2. The molecule has 0 aromatic carbocycles. The van der Waals surface area contributed by atoms with Crippen LogP contribution in [-0.2, 0) is 4.79 Å². The van der Waals surface area contributed by atoms with Crippen molar-refractivity contribution in [3.05, 3.63) is 12.1 Å². The molecule has 0 fully saturated rings. The molecule has 84 valence electrons. The van der Waals surface area contributed by atoms with Crippen molar-refractivity contribution in [2.24, 2.45) is 0 Å². The van der Waals surface area contributed by atoms with Crippen LogP contribution in [0.4, 0.5) is 0 Å². The molecule has 1 rings (SSSR count). The zero-order chi connectivity index (χ0) is 11.3. The fourth-order valence-electron chi connectivity index (χ4n) is 1.16. The van der Waals surface area contributed by atoms with Gasteiger partial charge in [-0.25, -0.2) is 4.79 Å². The summed E-state index contributed by atoms with van der Waals surface area (Å²) in [7, 11) is 0. The maximum absolute atomic E-state index is 11.2. The maximum Gasteiger partial charge on any atom is 0.333 e. The summed E-state index contributed by atoms with van der Waals surface area (Å²) in [5.74, 6) is -1.06. The van der Waals surface area contributed by atoms with Gasteiger partial charge in [0.05, 0.1) is 0 Å². The van der Waals surface area contributed by atoms with Crippen LogP contribution < -0.4 is 4.84 Å². The van der Waals surface area contributed by atoms with Crippen LogP contribution in [0.5, 0.6) is 11.8 Å². The van der Waals surface area contributed by atoms with E-state index in [4.69, 9.17) is 4.84 Å². The predicted octanol–water partition coefficient (Wildman–Crippen LogP) is 1.43. The third-order valence-electron chi connectivity index (χ3n) is 1.98. The number of carbonyl (C=O) groups is 1. The average Bonchev–Trinajstić information content (AvgIpc) is 2.50. The van der Waals surface area contributed by atoms with E-state index in [1.54, 1.807) is 0 Å². The predicted molar refractivity (Wildman–Crippen MR) is 53.5 cm³/mol.